The molecule has 0 aliphatic heterocycles. The van der Waals surface area contributed by atoms with E-state index in [0.29, 0.717) is 16.4 Å². The molecule has 0 spiro atoms. The van der Waals surface area contributed by atoms with E-state index >= 15 is 0 Å². The zero-order valence-electron chi connectivity index (χ0n) is 14.5. The second-order valence-electron chi connectivity index (χ2n) is 5.49. The molecule has 7 heteroatoms. The Morgan fingerprint density at radius 3 is 2.50 bits per heavy atom. The first-order valence-corrected chi connectivity index (χ1v) is 8.31. The van der Waals surface area contributed by atoms with Crippen LogP contribution in [0.5, 0.6) is 0 Å². The first kappa shape index (κ1) is 19.5. The number of carbonyl (C=O) groups is 3. The minimum atomic E-state index is -0.537. The Morgan fingerprint density at radius 1 is 1.12 bits per heavy atom. The van der Waals surface area contributed by atoms with Gasteiger partial charge in [0.15, 0.2) is 0 Å². The van der Waals surface area contributed by atoms with Crippen molar-refractivity contribution < 1.29 is 19.1 Å². The molecular weight excluding hydrogens is 356 g/mol. The number of ether oxygens (including phenoxy) is 1. The molecule has 0 atom stereocenters. The summed E-state index contributed by atoms with van der Waals surface area (Å²) in [6, 6.07) is 13.4. The minimum Gasteiger partial charge on any atom is -0.465 e. The summed E-state index contributed by atoms with van der Waals surface area (Å²) in [6.45, 7) is 1.60. The lowest BCUT2D eigenvalue weighted by Crippen LogP contribution is -2.32. The third-order valence-corrected chi connectivity index (χ3v) is 3.90. The maximum atomic E-state index is 12.3. The number of methoxy groups -OCH3 is 1. The Bertz CT molecular complexity index is 823. The van der Waals surface area contributed by atoms with Crippen LogP contribution in [-0.4, -0.2) is 31.4 Å². The smallest absolute Gasteiger partial charge is 0.339 e. The number of hydrogen-bond acceptors (Lipinski definition) is 4. The molecule has 0 radical (unpaired) electrons. The molecule has 1 N–H and O–H groups in total. The molecule has 0 unspecified atom stereocenters. The van der Waals surface area contributed by atoms with Gasteiger partial charge in [-0.2, -0.15) is 0 Å². The summed E-state index contributed by atoms with van der Waals surface area (Å²) in [5.74, 6) is -1.06. The van der Waals surface area contributed by atoms with Gasteiger partial charge in [-0.25, -0.2) is 4.79 Å². The van der Waals surface area contributed by atoms with Crippen LogP contribution in [0.4, 0.5) is 11.4 Å². The molecule has 2 amide bonds. The van der Waals surface area contributed by atoms with Crippen LogP contribution >= 0.6 is 11.6 Å². The number of carbonyl (C=O) groups excluding carboxylic acids is 3. The maximum absolute atomic E-state index is 12.3. The van der Waals surface area contributed by atoms with E-state index in [9.17, 15) is 14.4 Å². The fourth-order valence-electron chi connectivity index (χ4n) is 2.42. The molecule has 0 saturated carbocycles. The number of esters is 1. The number of nitrogens with one attached hydrogen (secondary N) is 1. The molecule has 0 aliphatic rings. The van der Waals surface area contributed by atoms with Gasteiger partial charge < -0.3 is 15.0 Å². The molecule has 0 aliphatic carbocycles. The van der Waals surface area contributed by atoms with E-state index in [-0.39, 0.29) is 30.3 Å². The number of nitrogens with zero attached hydrogens (tertiary/aromatic N) is 1. The highest BCUT2D eigenvalue weighted by molar-refractivity contribution is 6.30. The summed E-state index contributed by atoms with van der Waals surface area (Å²) in [4.78, 5) is 37.4. The highest BCUT2D eigenvalue weighted by Gasteiger charge is 2.16. The fourth-order valence-corrected chi connectivity index (χ4v) is 2.60. The maximum Gasteiger partial charge on any atom is 0.339 e. The first-order chi connectivity index (χ1) is 12.4. The predicted molar refractivity (Wildman–Crippen MR) is 101 cm³/mol. The lowest BCUT2D eigenvalue weighted by Gasteiger charge is -2.21. The second-order valence-corrected chi connectivity index (χ2v) is 5.92. The fraction of sp³-hybridized carbons (Fsp3) is 0.211. The second kappa shape index (κ2) is 9.01. The molecule has 0 fully saturated rings. The van der Waals surface area contributed by atoms with Crippen LogP contribution in [0.3, 0.4) is 0 Å². The van der Waals surface area contributed by atoms with Crippen LogP contribution < -0.4 is 10.2 Å². The van der Waals surface area contributed by atoms with Crippen molar-refractivity contribution in [1.29, 1.82) is 0 Å². The Balaban J connectivity index is 2.06. The van der Waals surface area contributed by atoms with Gasteiger partial charge in [0, 0.05) is 30.6 Å². The average Bonchev–Trinajstić information content (AvgIpc) is 2.61. The van der Waals surface area contributed by atoms with Crippen molar-refractivity contribution in [2.45, 2.75) is 13.3 Å². The van der Waals surface area contributed by atoms with E-state index in [2.05, 4.69) is 5.32 Å². The van der Waals surface area contributed by atoms with Crippen LogP contribution in [0.15, 0.2) is 48.5 Å². The Hall–Kier alpha value is -2.86. The summed E-state index contributed by atoms with van der Waals surface area (Å²) in [6.07, 6.45) is 0.0571. The topological polar surface area (TPSA) is 75.7 Å². The van der Waals surface area contributed by atoms with E-state index in [1.54, 1.807) is 48.5 Å². The first-order valence-electron chi connectivity index (χ1n) is 7.93. The van der Waals surface area contributed by atoms with E-state index < -0.39 is 5.97 Å². The normalized spacial score (nSPS) is 10.1. The van der Waals surface area contributed by atoms with Crippen molar-refractivity contribution >= 4 is 40.8 Å². The SMILES string of the molecule is COC(=O)c1ccccc1NC(=O)CCN(C(C)=O)c1cccc(Cl)c1. The Morgan fingerprint density at radius 2 is 1.85 bits per heavy atom. The van der Waals surface area contributed by atoms with Crippen molar-refractivity contribution in [3.05, 3.63) is 59.1 Å². The lowest BCUT2D eigenvalue weighted by atomic mass is 10.1. The molecule has 6 nitrogen and oxygen atoms in total. The van der Waals surface area contributed by atoms with Crippen molar-refractivity contribution in [2.24, 2.45) is 0 Å². The van der Waals surface area contributed by atoms with E-state index in [1.807, 2.05) is 0 Å². The molecule has 0 bridgehead atoms. The third-order valence-electron chi connectivity index (χ3n) is 3.67. The molecule has 2 rings (SSSR count). The molecule has 0 saturated heterocycles. The number of anilines is 2. The lowest BCUT2D eigenvalue weighted by molar-refractivity contribution is -0.117. The quantitative estimate of drug-likeness (QED) is 0.785. The summed E-state index contributed by atoms with van der Waals surface area (Å²) in [5.41, 5.74) is 1.25. The number of hydrogen-bond donors (Lipinski definition) is 1. The van der Waals surface area contributed by atoms with Gasteiger partial charge in [0.25, 0.3) is 0 Å². The van der Waals surface area contributed by atoms with Gasteiger partial charge in [-0.15, -0.1) is 0 Å². The van der Waals surface area contributed by atoms with Crippen LogP contribution in [0.25, 0.3) is 0 Å². The largest absolute Gasteiger partial charge is 0.465 e. The van der Waals surface area contributed by atoms with Gasteiger partial charge in [-0.05, 0) is 30.3 Å². The van der Waals surface area contributed by atoms with E-state index in [0.717, 1.165) is 0 Å². The highest BCUT2D eigenvalue weighted by atomic mass is 35.5. The molecule has 26 heavy (non-hydrogen) atoms. The summed E-state index contributed by atoms with van der Waals surface area (Å²) in [7, 11) is 1.27. The molecule has 0 aromatic heterocycles. The van der Waals surface area contributed by atoms with Crippen LogP contribution in [0, 0.1) is 0 Å². The molecule has 136 valence electrons. The van der Waals surface area contributed by atoms with E-state index in [1.165, 1.54) is 18.9 Å². The number of halogens is 1. The van der Waals surface area contributed by atoms with Crippen LogP contribution in [0.1, 0.15) is 23.7 Å². The van der Waals surface area contributed by atoms with Gasteiger partial charge in [0.2, 0.25) is 11.8 Å². The summed E-state index contributed by atoms with van der Waals surface area (Å²) in [5, 5.41) is 3.18. The molecular formula is C19H19ClN2O4. The van der Waals surface area contributed by atoms with Crippen molar-refractivity contribution in [3.63, 3.8) is 0 Å². The van der Waals surface area contributed by atoms with Gasteiger partial charge in [0.05, 0.1) is 18.4 Å². The van der Waals surface area contributed by atoms with Gasteiger partial charge in [0.1, 0.15) is 0 Å². The zero-order chi connectivity index (χ0) is 19.1. The summed E-state index contributed by atoms with van der Waals surface area (Å²) < 4.78 is 4.70. The predicted octanol–water partition coefficient (Wildman–Crippen LogP) is 3.51. The highest BCUT2D eigenvalue weighted by Crippen LogP contribution is 2.20. The Kier molecular flexibility index (Phi) is 6.74. The molecule has 2 aromatic rings. The minimum absolute atomic E-state index is 0.0571. The number of benzene rings is 2. The number of para-hydroxylation sites is 1. The molecule has 2 aromatic carbocycles. The average molecular weight is 375 g/mol. The molecule has 0 heterocycles. The third kappa shape index (κ3) is 5.07. The number of amides is 2. The Labute approximate surface area is 156 Å². The van der Waals surface area contributed by atoms with Gasteiger partial charge >= 0.3 is 5.97 Å². The van der Waals surface area contributed by atoms with Gasteiger partial charge in [-0.1, -0.05) is 29.8 Å². The van der Waals surface area contributed by atoms with Crippen molar-refractivity contribution in [3.8, 4) is 0 Å². The standard InChI is InChI=1S/C19H19ClN2O4/c1-13(23)22(15-7-5-6-14(20)12-15)11-10-18(24)21-17-9-4-3-8-16(17)19(25)26-2/h3-9,12H,10-11H2,1-2H3,(H,21,24). The van der Waals surface area contributed by atoms with Gasteiger partial charge in [-0.3, -0.25) is 9.59 Å². The van der Waals surface area contributed by atoms with Crippen molar-refractivity contribution in [1.82, 2.24) is 0 Å². The number of rotatable bonds is 6. The monoisotopic (exact) mass is 374 g/mol. The van der Waals surface area contributed by atoms with Crippen molar-refractivity contribution in [2.75, 3.05) is 23.9 Å². The van der Waals surface area contributed by atoms with E-state index in [4.69, 9.17) is 16.3 Å². The van der Waals surface area contributed by atoms with Crippen LogP contribution in [-0.2, 0) is 14.3 Å². The summed E-state index contributed by atoms with van der Waals surface area (Å²) >= 11 is 5.96. The zero-order valence-corrected chi connectivity index (χ0v) is 15.2. The van der Waals surface area contributed by atoms with Crippen LogP contribution in [0.2, 0.25) is 5.02 Å².